The minimum absolute atomic E-state index is 0.0270. The highest BCUT2D eigenvalue weighted by atomic mass is 32.2. The maximum Gasteiger partial charge on any atom is 0.352 e. The zero-order chi connectivity index (χ0) is 14.9. The lowest BCUT2D eigenvalue weighted by molar-refractivity contribution is 0.0683. The van der Waals surface area contributed by atoms with Gasteiger partial charge in [0.1, 0.15) is 16.9 Å². The largest absolute Gasteiger partial charge is 0.477 e. The molecule has 0 saturated carbocycles. The van der Waals surface area contributed by atoms with Crippen LogP contribution < -0.4 is 4.72 Å². The predicted octanol–water partition coefficient (Wildman–Crippen LogP) is 1.56. The fourth-order valence-corrected chi connectivity index (χ4v) is 2.68. The van der Waals surface area contributed by atoms with Crippen LogP contribution in [0.15, 0.2) is 34.0 Å². The third-order valence-corrected chi connectivity index (χ3v) is 3.91. The van der Waals surface area contributed by atoms with Crippen molar-refractivity contribution < 1.29 is 22.8 Å². The van der Waals surface area contributed by atoms with E-state index in [4.69, 9.17) is 5.11 Å². The number of sulfonamides is 1. The molecule has 0 saturated heterocycles. The van der Waals surface area contributed by atoms with Crippen LogP contribution in [0.5, 0.6) is 0 Å². The van der Waals surface area contributed by atoms with E-state index in [2.05, 4.69) is 14.4 Å². The van der Waals surface area contributed by atoms with E-state index in [9.17, 15) is 13.2 Å². The molecule has 0 fully saturated rings. The molecule has 0 aliphatic rings. The number of carboxylic acid groups (broad SMARTS) is 1. The zero-order valence-corrected chi connectivity index (χ0v) is 11.6. The van der Waals surface area contributed by atoms with Crippen LogP contribution in [-0.2, 0) is 10.0 Å². The molecular formula is C11H13N3O5S. The Kier molecular flexibility index (Phi) is 3.53. The van der Waals surface area contributed by atoms with Gasteiger partial charge in [-0.25, -0.2) is 13.2 Å². The number of carbonyl (C=O) groups is 1. The van der Waals surface area contributed by atoms with Crippen molar-refractivity contribution in [2.45, 2.75) is 24.8 Å². The third kappa shape index (κ3) is 2.67. The molecule has 0 aromatic carbocycles. The summed E-state index contributed by atoms with van der Waals surface area (Å²) in [5.41, 5.74) is -0.0967. The molecule has 20 heavy (non-hydrogen) atoms. The summed E-state index contributed by atoms with van der Waals surface area (Å²) in [5.74, 6) is -1.17. The van der Waals surface area contributed by atoms with E-state index < -0.39 is 16.0 Å². The Morgan fingerprint density at radius 2 is 2.20 bits per heavy atom. The smallest absolute Gasteiger partial charge is 0.352 e. The Hall–Kier alpha value is -2.29. The van der Waals surface area contributed by atoms with Crippen LogP contribution in [0.4, 0.5) is 5.82 Å². The Balaban J connectivity index is 2.42. The second kappa shape index (κ2) is 5.00. The van der Waals surface area contributed by atoms with Gasteiger partial charge in [0, 0.05) is 18.3 Å². The van der Waals surface area contributed by atoms with Crippen LogP contribution in [0, 0.1) is 0 Å². The SMILES string of the molecule is CC(C)n1cc(S(=O)(=O)Nc2ccon2)cc1C(=O)O. The molecule has 8 nitrogen and oxygen atoms in total. The van der Waals surface area contributed by atoms with Gasteiger partial charge in [0.25, 0.3) is 10.0 Å². The summed E-state index contributed by atoms with van der Waals surface area (Å²) in [6.07, 6.45) is 2.50. The summed E-state index contributed by atoms with van der Waals surface area (Å²) in [5, 5.41) is 12.5. The van der Waals surface area contributed by atoms with E-state index in [1.807, 2.05) is 0 Å². The minimum Gasteiger partial charge on any atom is -0.477 e. The Labute approximate surface area is 115 Å². The van der Waals surface area contributed by atoms with Crippen LogP contribution >= 0.6 is 0 Å². The van der Waals surface area contributed by atoms with Crippen LogP contribution in [-0.4, -0.2) is 29.2 Å². The summed E-state index contributed by atoms with van der Waals surface area (Å²) < 4.78 is 32.3. The first kappa shape index (κ1) is 14.1. The van der Waals surface area contributed by atoms with Crippen LogP contribution in [0.2, 0.25) is 0 Å². The number of hydrogen-bond acceptors (Lipinski definition) is 5. The predicted molar refractivity (Wildman–Crippen MR) is 69.1 cm³/mol. The van der Waals surface area contributed by atoms with Crippen molar-refractivity contribution >= 4 is 21.8 Å². The monoisotopic (exact) mass is 299 g/mol. The first-order valence-electron chi connectivity index (χ1n) is 5.69. The molecule has 2 heterocycles. The van der Waals surface area contributed by atoms with Crippen molar-refractivity contribution in [3.05, 3.63) is 30.3 Å². The molecule has 0 bridgehead atoms. The number of carboxylic acids is 1. The van der Waals surface area contributed by atoms with Crippen LogP contribution in [0.3, 0.4) is 0 Å². The molecule has 2 rings (SSSR count). The lowest BCUT2D eigenvalue weighted by Gasteiger charge is -2.09. The molecule has 0 atom stereocenters. The van der Waals surface area contributed by atoms with Gasteiger partial charge < -0.3 is 14.2 Å². The fourth-order valence-electron chi connectivity index (χ4n) is 1.66. The highest BCUT2D eigenvalue weighted by Gasteiger charge is 2.23. The normalized spacial score (nSPS) is 11.8. The van der Waals surface area contributed by atoms with Gasteiger partial charge in [-0.15, -0.1) is 0 Å². The van der Waals surface area contributed by atoms with E-state index >= 15 is 0 Å². The molecule has 0 amide bonds. The fraction of sp³-hybridized carbons (Fsp3) is 0.273. The first-order valence-corrected chi connectivity index (χ1v) is 7.18. The number of aromatic carboxylic acids is 1. The van der Waals surface area contributed by atoms with E-state index in [-0.39, 0.29) is 22.4 Å². The molecule has 0 aliphatic heterocycles. The number of hydrogen-bond donors (Lipinski definition) is 2. The molecule has 9 heteroatoms. The molecule has 2 N–H and O–H groups in total. The molecule has 2 aromatic rings. The number of anilines is 1. The van der Waals surface area contributed by atoms with E-state index in [1.165, 1.54) is 23.1 Å². The lowest BCUT2D eigenvalue weighted by Crippen LogP contribution is -2.12. The second-order valence-corrected chi connectivity index (χ2v) is 6.04. The van der Waals surface area contributed by atoms with Crippen molar-refractivity contribution in [1.29, 1.82) is 0 Å². The van der Waals surface area contributed by atoms with Crippen molar-refractivity contribution in [3.8, 4) is 0 Å². The highest BCUT2D eigenvalue weighted by molar-refractivity contribution is 7.92. The summed E-state index contributed by atoms with van der Waals surface area (Å²) in [4.78, 5) is 11.0. The van der Waals surface area contributed by atoms with Gasteiger partial charge >= 0.3 is 5.97 Å². The number of rotatable bonds is 5. The van der Waals surface area contributed by atoms with Crippen molar-refractivity contribution in [3.63, 3.8) is 0 Å². The summed E-state index contributed by atoms with van der Waals surface area (Å²) in [7, 11) is -3.91. The Bertz CT molecular complexity index is 715. The lowest BCUT2D eigenvalue weighted by atomic mass is 10.3. The van der Waals surface area contributed by atoms with Gasteiger partial charge in [-0.1, -0.05) is 5.16 Å². The molecule has 0 spiro atoms. The second-order valence-electron chi connectivity index (χ2n) is 4.36. The topological polar surface area (TPSA) is 114 Å². The van der Waals surface area contributed by atoms with Crippen LogP contribution in [0.1, 0.15) is 30.4 Å². The van der Waals surface area contributed by atoms with Crippen molar-refractivity contribution in [2.24, 2.45) is 0 Å². The van der Waals surface area contributed by atoms with Gasteiger partial charge in [-0.05, 0) is 19.9 Å². The third-order valence-electron chi connectivity index (χ3n) is 2.59. The van der Waals surface area contributed by atoms with E-state index in [1.54, 1.807) is 13.8 Å². The molecular weight excluding hydrogens is 286 g/mol. The van der Waals surface area contributed by atoms with Gasteiger partial charge in [-0.3, -0.25) is 4.72 Å². The summed E-state index contributed by atoms with van der Waals surface area (Å²) in [6.45, 7) is 3.52. The molecule has 0 radical (unpaired) electrons. The summed E-state index contributed by atoms with van der Waals surface area (Å²) in [6, 6.07) is 2.26. The number of aromatic nitrogens is 2. The van der Waals surface area contributed by atoms with Gasteiger partial charge in [-0.2, -0.15) is 0 Å². The highest BCUT2D eigenvalue weighted by Crippen LogP contribution is 2.21. The van der Waals surface area contributed by atoms with Crippen molar-refractivity contribution in [1.82, 2.24) is 9.72 Å². The van der Waals surface area contributed by atoms with Crippen molar-refractivity contribution in [2.75, 3.05) is 4.72 Å². The summed E-state index contributed by atoms with van der Waals surface area (Å²) >= 11 is 0. The van der Waals surface area contributed by atoms with Crippen LogP contribution in [0.25, 0.3) is 0 Å². The molecule has 0 unspecified atom stereocenters. The first-order chi connectivity index (χ1) is 9.31. The zero-order valence-electron chi connectivity index (χ0n) is 10.8. The minimum atomic E-state index is -3.91. The molecule has 2 aromatic heterocycles. The maximum absolute atomic E-state index is 12.1. The Morgan fingerprint density at radius 1 is 1.50 bits per heavy atom. The quantitative estimate of drug-likeness (QED) is 0.865. The standard InChI is InChI=1S/C11H13N3O5S/c1-7(2)14-6-8(5-9(14)11(15)16)20(17,18)13-10-3-4-19-12-10/h3-7H,1-2H3,(H,12,13)(H,15,16). The van der Waals surface area contributed by atoms with E-state index in [0.717, 1.165) is 6.07 Å². The van der Waals surface area contributed by atoms with Gasteiger partial charge in [0.2, 0.25) is 0 Å². The van der Waals surface area contributed by atoms with Gasteiger partial charge in [0.05, 0.1) is 0 Å². The van der Waals surface area contributed by atoms with E-state index in [0.29, 0.717) is 0 Å². The molecule has 108 valence electrons. The number of nitrogens with one attached hydrogen (secondary N) is 1. The number of nitrogens with zero attached hydrogens (tertiary/aromatic N) is 2. The maximum atomic E-state index is 12.1. The average molecular weight is 299 g/mol. The molecule has 0 aliphatic carbocycles. The van der Waals surface area contributed by atoms with Gasteiger partial charge in [0.15, 0.2) is 5.82 Å². The average Bonchev–Trinajstić information content (AvgIpc) is 2.95. The Morgan fingerprint density at radius 3 is 2.65 bits per heavy atom.